The van der Waals surface area contributed by atoms with Gasteiger partial charge in [0.05, 0.1) is 0 Å². The molecule has 0 bridgehead atoms. The molecule has 0 amide bonds. The maximum absolute atomic E-state index is 12.4. The number of hydrogen-bond acceptors (Lipinski definition) is 2. The Morgan fingerprint density at radius 1 is 1.46 bits per heavy atom. The van der Waals surface area contributed by atoms with Crippen LogP contribution in [0, 0.1) is 0 Å². The first kappa shape index (κ1) is 10.5. The molecule has 1 aromatic heterocycles. The van der Waals surface area contributed by atoms with Gasteiger partial charge in [0.15, 0.2) is 5.60 Å². The highest BCUT2D eigenvalue weighted by Crippen LogP contribution is 2.42. The lowest BCUT2D eigenvalue weighted by Gasteiger charge is -2.28. The van der Waals surface area contributed by atoms with Crippen LogP contribution in [0.25, 0.3) is 0 Å². The van der Waals surface area contributed by atoms with Crippen LogP contribution in [0.1, 0.15) is 18.2 Å². The van der Waals surface area contributed by atoms with Crippen LogP contribution >= 0.6 is 11.3 Å². The SMILES string of the molecule is CCC(O)(c1cccs1)C(F)(F)F. The molecule has 1 aromatic rings. The minimum Gasteiger partial charge on any atom is -0.376 e. The normalized spacial score (nSPS) is 17.0. The van der Waals surface area contributed by atoms with Crippen LogP contribution in [0.4, 0.5) is 13.2 Å². The molecule has 5 heteroatoms. The zero-order valence-corrected chi connectivity index (χ0v) is 7.75. The van der Waals surface area contributed by atoms with Crippen molar-refractivity contribution in [3.05, 3.63) is 22.4 Å². The molecule has 13 heavy (non-hydrogen) atoms. The van der Waals surface area contributed by atoms with Crippen molar-refractivity contribution < 1.29 is 18.3 Å². The third-order valence-corrected chi connectivity index (χ3v) is 2.93. The maximum Gasteiger partial charge on any atom is 0.422 e. The highest BCUT2D eigenvalue weighted by Gasteiger charge is 2.54. The smallest absolute Gasteiger partial charge is 0.376 e. The summed E-state index contributed by atoms with van der Waals surface area (Å²) in [5.74, 6) is 0. The predicted molar refractivity (Wildman–Crippen MR) is 44.6 cm³/mol. The van der Waals surface area contributed by atoms with Crippen molar-refractivity contribution in [3.8, 4) is 0 Å². The molecule has 1 atom stereocenters. The quantitative estimate of drug-likeness (QED) is 0.795. The van der Waals surface area contributed by atoms with Crippen molar-refractivity contribution >= 4 is 11.3 Å². The van der Waals surface area contributed by atoms with Gasteiger partial charge in [0.2, 0.25) is 0 Å². The van der Waals surface area contributed by atoms with Gasteiger partial charge in [0.25, 0.3) is 0 Å². The van der Waals surface area contributed by atoms with E-state index >= 15 is 0 Å². The summed E-state index contributed by atoms with van der Waals surface area (Å²) >= 11 is 0.911. The molecule has 0 aromatic carbocycles. The molecule has 1 nitrogen and oxygen atoms in total. The Morgan fingerprint density at radius 3 is 2.38 bits per heavy atom. The number of thiophene rings is 1. The number of aliphatic hydroxyl groups is 1. The molecule has 1 N–H and O–H groups in total. The zero-order valence-electron chi connectivity index (χ0n) is 6.93. The third-order valence-electron chi connectivity index (χ3n) is 1.91. The second kappa shape index (κ2) is 3.31. The lowest BCUT2D eigenvalue weighted by atomic mass is 9.98. The summed E-state index contributed by atoms with van der Waals surface area (Å²) in [5.41, 5.74) is -2.68. The van der Waals surface area contributed by atoms with Gasteiger partial charge in [-0.25, -0.2) is 0 Å². The summed E-state index contributed by atoms with van der Waals surface area (Å²) in [7, 11) is 0. The molecule has 0 spiro atoms. The second-order valence-corrected chi connectivity index (χ2v) is 3.64. The first-order valence-electron chi connectivity index (χ1n) is 3.75. The van der Waals surface area contributed by atoms with Gasteiger partial charge in [0.1, 0.15) is 0 Å². The van der Waals surface area contributed by atoms with Crippen LogP contribution in [0.5, 0.6) is 0 Å². The van der Waals surface area contributed by atoms with Crippen LogP contribution in [0.15, 0.2) is 17.5 Å². The topological polar surface area (TPSA) is 20.2 Å². The Hall–Kier alpha value is -0.550. The Morgan fingerprint density at radius 2 is 2.08 bits per heavy atom. The Labute approximate surface area is 77.8 Å². The standard InChI is InChI=1S/C8H9F3OS/c1-2-7(12,8(9,10)11)6-4-3-5-13-6/h3-5,12H,2H2,1H3. The second-order valence-electron chi connectivity index (χ2n) is 2.69. The van der Waals surface area contributed by atoms with E-state index in [1.807, 2.05) is 0 Å². The summed E-state index contributed by atoms with van der Waals surface area (Å²) in [6.45, 7) is 1.31. The Bertz CT molecular complexity index is 267. The van der Waals surface area contributed by atoms with E-state index in [4.69, 9.17) is 0 Å². The number of rotatable bonds is 2. The van der Waals surface area contributed by atoms with Gasteiger partial charge in [0, 0.05) is 4.88 Å². The number of hydrogen-bond donors (Lipinski definition) is 1. The molecule has 0 aliphatic rings. The molecule has 0 fully saturated rings. The van der Waals surface area contributed by atoms with E-state index in [0.717, 1.165) is 11.3 Å². The Kier molecular flexibility index (Phi) is 2.68. The third kappa shape index (κ3) is 1.71. The van der Waals surface area contributed by atoms with Crippen molar-refractivity contribution in [2.45, 2.75) is 25.1 Å². The van der Waals surface area contributed by atoms with Gasteiger partial charge in [-0.05, 0) is 17.9 Å². The van der Waals surface area contributed by atoms with Crippen molar-refractivity contribution in [1.29, 1.82) is 0 Å². The average Bonchev–Trinajstić information content (AvgIpc) is 2.52. The van der Waals surface area contributed by atoms with E-state index in [1.165, 1.54) is 24.4 Å². The summed E-state index contributed by atoms with van der Waals surface area (Å²) in [6, 6.07) is 2.79. The molecular formula is C8H9F3OS. The molecule has 1 rings (SSSR count). The van der Waals surface area contributed by atoms with Gasteiger partial charge in [-0.3, -0.25) is 0 Å². The van der Waals surface area contributed by atoms with Gasteiger partial charge < -0.3 is 5.11 Å². The molecule has 1 heterocycles. The van der Waals surface area contributed by atoms with E-state index in [9.17, 15) is 18.3 Å². The van der Waals surface area contributed by atoms with Gasteiger partial charge in [-0.15, -0.1) is 11.3 Å². The monoisotopic (exact) mass is 210 g/mol. The maximum atomic E-state index is 12.4. The summed E-state index contributed by atoms with van der Waals surface area (Å²) < 4.78 is 37.3. The molecule has 0 saturated heterocycles. The fourth-order valence-electron chi connectivity index (χ4n) is 1.03. The highest BCUT2D eigenvalue weighted by molar-refractivity contribution is 7.10. The van der Waals surface area contributed by atoms with E-state index in [1.54, 1.807) is 0 Å². The van der Waals surface area contributed by atoms with Crippen LogP contribution in [0.3, 0.4) is 0 Å². The van der Waals surface area contributed by atoms with E-state index < -0.39 is 11.8 Å². The van der Waals surface area contributed by atoms with Crippen molar-refractivity contribution in [3.63, 3.8) is 0 Å². The van der Waals surface area contributed by atoms with Crippen LogP contribution in [0.2, 0.25) is 0 Å². The molecule has 0 saturated carbocycles. The van der Waals surface area contributed by atoms with Crippen LogP contribution < -0.4 is 0 Å². The summed E-state index contributed by atoms with van der Waals surface area (Å²) in [6.07, 6.45) is -4.97. The van der Waals surface area contributed by atoms with Gasteiger partial charge in [-0.2, -0.15) is 13.2 Å². The summed E-state index contributed by atoms with van der Waals surface area (Å²) in [5, 5.41) is 10.9. The fourth-order valence-corrected chi connectivity index (χ4v) is 1.94. The van der Waals surface area contributed by atoms with Gasteiger partial charge >= 0.3 is 6.18 Å². The minimum absolute atomic E-state index is 0.0532. The fraction of sp³-hybridized carbons (Fsp3) is 0.500. The average molecular weight is 210 g/mol. The van der Waals surface area contributed by atoms with E-state index in [2.05, 4.69) is 0 Å². The van der Waals surface area contributed by atoms with E-state index in [-0.39, 0.29) is 11.3 Å². The zero-order chi connectivity index (χ0) is 10.1. The van der Waals surface area contributed by atoms with E-state index in [0.29, 0.717) is 0 Å². The molecule has 0 radical (unpaired) electrons. The molecule has 0 aliphatic carbocycles. The lowest BCUT2D eigenvalue weighted by Crippen LogP contribution is -2.40. The predicted octanol–water partition coefficient (Wildman–Crippen LogP) is 2.91. The summed E-state index contributed by atoms with van der Waals surface area (Å²) in [4.78, 5) is -0.0532. The molecule has 74 valence electrons. The minimum atomic E-state index is -4.60. The largest absolute Gasteiger partial charge is 0.422 e. The van der Waals surface area contributed by atoms with Crippen molar-refractivity contribution in [1.82, 2.24) is 0 Å². The first-order valence-corrected chi connectivity index (χ1v) is 4.63. The van der Waals surface area contributed by atoms with Gasteiger partial charge in [-0.1, -0.05) is 13.0 Å². The van der Waals surface area contributed by atoms with Crippen LogP contribution in [-0.4, -0.2) is 11.3 Å². The van der Waals surface area contributed by atoms with Crippen molar-refractivity contribution in [2.24, 2.45) is 0 Å². The van der Waals surface area contributed by atoms with Crippen LogP contribution in [-0.2, 0) is 5.60 Å². The highest BCUT2D eigenvalue weighted by atomic mass is 32.1. The molecule has 1 unspecified atom stereocenters. The number of halogens is 3. The first-order chi connectivity index (χ1) is 5.92. The van der Waals surface area contributed by atoms with Crippen molar-refractivity contribution in [2.75, 3.05) is 0 Å². The molecule has 0 aliphatic heterocycles. The molecular weight excluding hydrogens is 201 g/mol. The Balaban J connectivity index is 3.09. The number of alkyl halides is 3. The lowest BCUT2D eigenvalue weighted by molar-refractivity contribution is -0.266.